The fourth-order valence-electron chi connectivity index (χ4n) is 17.0. The number of aliphatic hydroxyl groups is 10. The van der Waals surface area contributed by atoms with Gasteiger partial charge in [-0.2, -0.15) is 0 Å². The third-order valence-corrected chi connectivity index (χ3v) is 27.7. The molecule has 0 saturated carbocycles. The Morgan fingerprint density at radius 3 is 1.36 bits per heavy atom. The number of aliphatic hydroxyl groups excluding tert-OH is 4. The van der Waals surface area contributed by atoms with E-state index in [9.17, 15) is 60.7 Å². The van der Waals surface area contributed by atoms with Gasteiger partial charge in [0.1, 0.15) is 50.3 Å². The summed E-state index contributed by atoms with van der Waals surface area (Å²) in [4.78, 5) is 44.7. The number of allylic oxidation sites excluding steroid dienone is 4. The summed E-state index contributed by atoms with van der Waals surface area (Å²) < 4.78 is 53.2. The number of hydrogen-bond acceptors (Lipinski definition) is 25. The Hall–Kier alpha value is -3.49. The largest absolute Gasteiger partial charge is 0.442 e. The summed E-state index contributed by atoms with van der Waals surface area (Å²) >= 11 is 0. The standard InChI is InChI=1S/C71H118N4O21/c1-24-26-27-29-47(80)48-46-31-43-30-44(28-25-2)75(32-45(43)49(81)61(46,13)92-50(48)82)65(17)60(12,94-55(7,34-77)53(5,68(65,20)85)39-90-41-59(11)63(15,73)70(22,87)69(21,86)57(9,36-79)95-59)42-91-37-51(3)54(6,33-76)93-58(10,62(14,72)66(51,18)83)40-89-38-52(4)56(8,35-78)96-71(23,88)64(16,74)67(52,19)84/h25,28,30-32,76-79,83-88H,24,26-27,29,33-42,72-74H2,1-23H3/t51-,52-,53-,54?,55?,56?,57?,58+,59+,60+,61?,62?,63?,64?,65?,66-,67-,68-,69-,70+,71-/m1/s1. The van der Waals surface area contributed by atoms with E-state index in [0.717, 1.165) is 12.8 Å². The Kier molecular flexibility index (Phi) is 20.0. The number of unbranched alkanes of at least 4 members (excludes halogenated alkanes) is 2. The third kappa shape index (κ3) is 10.1. The molecule has 16 N–H and O–H groups in total. The van der Waals surface area contributed by atoms with Crippen molar-refractivity contribution in [3.05, 3.63) is 58.5 Å². The minimum atomic E-state index is -2.24. The van der Waals surface area contributed by atoms with Gasteiger partial charge in [0.05, 0.1) is 127 Å². The number of esters is 1. The summed E-state index contributed by atoms with van der Waals surface area (Å²) in [6.07, 6.45) is 10.5. The summed E-state index contributed by atoms with van der Waals surface area (Å²) in [5.74, 6) is -4.16. The predicted octanol–water partition coefficient (Wildman–Crippen LogP) is 2.76. The molecule has 0 aromatic carbocycles. The van der Waals surface area contributed by atoms with Gasteiger partial charge < -0.3 is 111 Å². The fraction of sp³-hybridized carbons (Fsp3) is 0.817. The topological polar surface area (TPSA) is 409 Å². The van der Waals surface area contributed by atoms with E-state index in [1.54, 1.807) is 105 Å². The minimum Gasteiger partial charge on any atom is -0.442 e. The van der Waals surface area contributed by atoms with Crippen LogP contribution >= 0.6 is 0 Å². The summed E-state index contributed by atoms with van der Waals surface area (Å²) in [6.45, 7) is 30.1. The van der Waals surface area contributed by atoms with Crippen molar-refractivity contribution >= 4 is 17.5 Å². The lowest BCUT2D eigenvalue weighted by molar-refractivity contribution is -0.408. The molecule has 21 atom stereocenters. The molecule has 7 rings (SSSR count). The van der Waals surface area contributed by atoms with Gasteiger partial charge >= 0.3 is 5.97 Å². The first kappa shape index (κ1) is 79.8. The van der Waals surface area contributed by atoms with Crippen molar-refractivity contribution in [1.82, 2.24) is 4.90 Å². The van der Waals surface area contributed by atoms with Gasteiger partial charge in [-0.05, 0) is 162 Å². The maximum Gasteiger partial charge on any atom is 0.343 e. The van der Waals surface area contributed by atoms with Crippen LogP contribution in [0.5, 0.6) is 0 Å². The van der Waals surface area contributed by atoms with Gasteiger partial charge in [-0.1, -0.05) is 46.6 Å². The number of ether oxygens (including phenoxy) is 8. The molecule has 6 heterocycles. The second-order valence-corrected chi connectivity index (χ2v) is 33.2. The smallest absolute Gasteiger partial charge is 0.343 e. The first-order valence-electron chi connectivity index (χ1n) is 33.6. The van der Waals surface area contributed by atoms with Gasteiger partial charge in [0.25, 0.3) is 0 Å². The summed E-state index contributed by atoms with van der Waals surface area (Å²) in [6, 6.07) is 0. The van der Waals surface area contributed by atoms with Crippen LogP contribution < -0.4 is 17.2 Å². The number of ketones is 2. The first-order chi connectivity index (χ1) is 43.2. The van der Waals surface area contributed by atoms with E-state index in [1.165, 1.54) is 82.4 Å². The highest BCUT2D eigenvalue weighted by Gasteiger charge is 2.79. The van der Waals surface area contributed by atoms with E-state index in [2.05, 4.69) is 0 Å². The van der Waals surface area contributed by atoms with Gasteiger partial charge in [-0.3, -0.25) is 9.59 Å². The number of Topliss-reactive ketones (excluding diaryl/α,β-unsaturated/α-hetero) is 2. The molecule has 0 spiro atoms. The molecule has 25 nitrogen and oxygen atoms in total. The van der Waals surface area contributed by atoms with Crippen LogP contribution in [0, 0.1) is 16.2 Å². The van der Waals surface area contributed by atoms with Crippen molar-refractivity contribution < 1.29 is 103 Å². The van der Waals surface area contributed by atoms with Gasteiger partial charge in [-0.25, -0.2) is 4.79 Å². The van der Waals surface area contributed by atoms with Crippen molar-refractivity contribution in [3.63, 3.8) is 0 Å². The number of carbonyl (C=O) groups is 3. The molecule has 4 saturated heterocycles. The lowest BCUT2D eigenvalue weighted by Crippen LogP contribution is -2.88. The van der Waals surface area contributed by atoms with E-state index >= 15 is 4.79 Å². The average molecular weight is 1360 g/mol. The van der Waals surface area contributed by atoms with Crippen LogP contribution in [0.25, 0.3) is 0 Å². The van der Waals surface area contributed by atoms with Crippen LogP contribution in [-0.2, 0) is 52.3 Å². The van der Waals surface area contributed by atoms with Crippen molar-refractivity contribution in [2.75, 3.05) is 66.1 Å². The Morgan fingerprint density at radius 1 is 0.510 bits per heavy atom. The molecule has 25 heteroatoms. The highest BCUT2D eigenvalue weighted by Crippen LogP contribution is 2.64. The molecular formula is C71H118N4O21. The minimum absolute atomic E-state index is 0.0334. The Bertz CT molecular complexity index is 3240. The molecule has 0 aromatic rings. The predicted molar refractivity (Wildman–Crippen MR) is 355 cm³/mol. The second kappa shape index (κ2) is 24.1. The molecule has 1 aliphatic carbocycles. The maximum atomic E-state index is 15.4. The molecule has 548 valence electrons. The number of nitrogens with zero attached hydrogens (tertiary/aromatic N) is 1. The molecule has 0 amide bonds. The number of hydrogen-bond donors (Lipinski definition) is 13. The zero-order valence-corrected chi connectivity index (χ0v) is 61.4. The van der Waals surface area contributed by atoms with Crippen LogP contribution in [0.4, 0.5) is 0 Å². The van der Waals surface area contributed by atoms with Crippen LogP contribution in [0.2, 0.25) is 0 Å². The highest BCUT2D eigenvalue weighted by atomic mass is 16.7. The van der Waals surface area contributed by atoms with Crippen molar-refractivity contribution in [2.24, 2.45) is 33.4 Å². The lowest BCUT2D eigenvalue weighted by Gasteiger charge is -2.72. The Morgan fingerprint density at radius 2 is 0.917 bits per heavy atom. The number of rotatable bonds is 23. The van der Waals surface area contributed by atoms with Crippen LogP contribution in [-0.4, -0.2) is 240 Å². The molecule has 4 fully saturated rings. The molecule has 96 heavy (non-hydrogen) atoms. The fourth-order valence-corrected chi connectivity index (χ4v) is 17.0. The van der Waals surface area contributed by atoms with Crippen LogP contribution in [0.1, 0.15) is 185 Å². The summed E-state index contributed by atoms with van der Waals surface area (Å²) in [7, 11) is 0. The van der Waals surface area contributed by atoms with E-state index in [1.807, 2.05) is 6.92 Å². The molecule has 0 radical (unpaired) electrons. The lowest BCUT2D eigenvalue weighted by atomic mass is 9.50. The quantitative estimate of drug-likeness (QED) is 0.0397. The monoisotopic (exact) mass is 1360 g/mol. The average Bonchev–Trinajstić information content (AvgIpc) is 0.795. The number of carbonyl (C=O) groups excluding carboxylic acids is 3. The second-order valence-electron chi connectivity index (χ2n) is 33.2. The zero-order valence-electron chi connectivity index (χ0n) is 61.4. The van der Waals surface area contributed by atoms with Gasteiger partial charge in [0, 0.05) is 29.5 Å². The molecule has 9 unspecified atom stereocenters. The first-order valence-corrected chi connectivity index (χ1v) is 33.6. The van der Waals surface area contributed by atoms with Crippen LogP contribution in [0.3, 0.4) is 0 Å². The summed E-state index contributed by atoms with van der Waals surface area (Å²) in [5.41, 5.74) is -15.5. The Balaban J connectivity index is 1.34. The van der Waals surface area contributed by atoms with Crippen molar-refractivity contribution in [2.45, 2.75) is 286 Å². The molecular weight excluding hydrogens is 1240 g/mol. The van der Waals surface area contributed by atoms with Crippen molar-refractivity contribution in [3.8, 4) is 0 Å². The van der Waals surface area contributed by atoms with Gasteiger partial charge in [-0.15, -0.1) is 0 Å². The van der Waals surface area contributed by atoms with E-state index in [4.69, 9.17) is 55.1 Å². The molecule has 6 aliphatic heterocycles. The highest BCUT2D eigenvalue weighted by molar-refractivity contribution is 6.25. The molecule has 0 bridgehead atoms. The van der Waals surface area contributed by atoms with E-state index in [0.29, 0.717) is 17.7 Å². The van der Waals surface area contributed by atoms with Crippen molar-refractivity contribution in [1.29, 1.82) is 0 Å². The van der Waals surface area contributed by atoms with Gasteiger partial charge in [0.15, 0.2) is 17.2 Å². The third-order valence-electron chi connectivity index (χ3n) is 27.7. The normalized spacial score (nSPS) is 50.5. The van der Waals surface area contributed by atoms with E-state index < -0.39 is 187 Å². The molecule has 0 aromatic heterocycles. The van der Waals surface area contributed by atoms with E-state index in [-0.39, 0.29) is 36.4 Å². The molecule has 7 aliphatic rings. The Labute approximate surface area is 567 Å². The number of fused-ring (bicyclic) bond motifs is 2. The number of nitrogens with two attached hydrogens (primary N) is 3. The van der Waals surface area contributed by atoms with Crippen LogP contribution in [0.15, 0.2) is 58.5 Å². The SMILES string of the molecule is CC=CC1=CC2=CC3=C(C(=O)CCCCC)C(=O)OC3(C)C(=O)C2=CN1C1(C)[C@](C)(O)[C@](C)(COC[C@]2(C)OC(C)(CO)[C@@](C)(O)[C@@](C)(O)C2(C)N)C(C)(CO)O[C@@]1(C)COC[C@]1(C)C(C)(CO)O[C@@](C)(COC[C@]2(C)C(C)(CO)O[C@@](C)(O)C(C)(N)[C@]2(C)O)C(C)(N)[C@]1(C)O. The zero-order chi connectivity index (χ0) is 73.8. The summed E-state index contributed by atoms with van der Waals surface area (Å²) in [5, 5.41) is 121. The maximum absolute atomic E-state index is 15.4. The van der Waals surface area contributed by atoms with Gasteiger partial charge in [0.2, 0.25) is 5.78 Å².